The van der Waals surface area contributed by atoms with Crippen LogP contribution in [0.5, 0.6) is 0 Å². The first-order valence-corrected chi connectivity index (χ1v) is 7.81. The highest BCUT2D eigenvalue weighted by Gasteiger charge is 2.16. The molecule has 0 atom stereocenters. The predicted octanol–water partition coefficient (Wildman–Crippen LogP) is 2.92. The lowest BCUT2D eigenvalue weighted by Gasteiger charge is -2.15. The van der Waals surface area contributed by atoms with Crippen molar-refractivity contribution < 1.29 is 4.79 Å². The van der Waals surface area contributed by atoms with E-state index in [1.165, 1.54) is 29.3 Å². The number of hydrogen-bond acceptors (Lipinski definition) is 3. The predicted molar refractivity (Wildman–Crippen MR) is 87.1 cm³/mol. The fourth-order valence-corrected chi connectivity index (χ4v) is 3.05. The number of aryl methyl sites for hydroxylation is 1. The largest absolute Gasteiger partial charge is 0.321 e. The van der Waals surface area contributed by atoms with Crippen LogP contribution in [0.15, 0.2) is 30.5 Å². The summed E-state index contributed by atoms with van der Waals surface area (Å²) in [6.07, 6.45) is 4.02. The van der Waals surface area contributed by atoms with E-state index in [0.29, 0.717) is 10.7 Å². The second-order valence-corrected chi connectivity index (χ2v) is 6.01. The van der Waals surface area contributed by atoms with Gasteiger partial charge < -0.3 is 5.32 Å². The summed E-state index contributed by atoms with van der Waals surface area (Å²) < 4.78 is 1.48. The molecule has 22 heavy (non-hydrogen) atoms. The van der Waals surface area contributed by atoms with Gasteiger partial charge in [-0.3, -0.25) is 14.4 Å². The van der Waals surface area contributed by atoms with Gasteiger partial charge in [0.15, 0.2) is 0 Å². The van der Waals surface area contributed by atoms with Crippen LogP contribution >= 0.6 is 11.6 Å². The maximum Gasteiger partial charge on any atom is 0.275 e. The Morgan fingerprint density at radius 3 is 2.82 bits per heavy atom. The average molecular weight is 319 g/mol. The summed E-state index contributed by atoms with van der Waals surface area (Å²) in [5.74, 6) is -0.247. The molecule has 1 N–H and O–H groups in total. The minimum absolute atomic E-state index is 0.247. The molecule has 116 valence electrons. The lowest BCUT2D eigenvalue weighted by Crippen LogP contribution is -2.19. The Kier molecular flexibility index (Phi) is 4.45. The minimum atomic E-state index is -0.247. The van der Waals surface area contributed by atoms with Crippen molar-refractivity contribution >= 4 is 23.2 Å². The van der Waals surface area contributed by atoms with E-state index < -0.39 is 0 Å². The smallest absolute Gasteiger partial charge is 0.275 e. The Morgan fingerprint density at radius 2 is 2.14 bits per heavy atom. The van der Waals surface area contributed by atoms with Crippen LogP contribution in [0.25, 0.3) is 0 Å². The van der Waals surface area contributed by atoms with E-state index in [2.05, 4.69) is 21.4 Å². The first-order valence-electron chi connectivity index (χ1n) is 7.43. The van der Waals surface area contributed by atoms with Gasteiger partial charge in [0.1, 0.15) is 5.69 Å². The molecule has 0 radical (unpaired) electrons. The number of hydrogen-bond donors (Lipinski definition) is 1. The van der Waals surface area contributed by atoms with Gasteiger partial charge in [0, 0.05) is 19.3 Å². The topological polar surface area (TPSA) is 50.2 Å². The summed E-state index contributed by atoms with van der Waals surface area (Å²) in [6.45, 7) is 3.23. The fraction of sp³-hybridized carbons (Fsp3) is 0.375. The van der Waals surface area contributed by atoms with Gasteiger partial charge >= 0.3 is 0 Å². The zero-order chi connectivity index (χ0) is 15.5. The average Bonchev–Trinajstić information content (AvgIpc) is 3.09. The molecular formula is C16H19ClN4O. The van der Waals surface area contributed by atoms with Crippen LogP contribution in [-0.2, 0) is 13.6 Å². The molecule has 1 amide bonds. The van der Waals surface area contributed by atoms with Gasteiger partial charge in [-0.15, -0.1) is 0 Å². The van der Waals surface area contributed by atoms with Crippen molar-refractivity contribution in [2.45, 2.75) is 19.4 Å². The molecule has 0 spiro atoms. The fourth-order valence-electron chi connectivity index (χ4n) is 2.80. The molecule has 0 saturated carbocycles. The summed E-state index contributed by atoms with van der Waals surface area (Å²) in [6, 6.07) is 7.95. The Labute approximate surface area is 134 Å². The number of benzene rings is 1. The van der Waals surface area contributed by atoms with Gasteiger partial charge in [-0.1, -0.05) is 23.7 Å². The molecule has 1 saturated heterocycles. The van der Waals surface area contributed by atoms with Crippen molar-refractivity contribution in [3.63, 3.8) is 0 Å². The van der Waals surface area contributed by atoms with Gasteiger partial charge in [0.25, 0.3) is 5.91 Å². The summed E-state index contributed by atoms with van der Waals surface area (Å²) in [4.78, 5) is 14.7. The Bertz CT molecular complexity index is 657. The number of likely N-dealkylation sites (tertiary alicyclic amines) is 1. The monoisotopic (exact) mass is 318 g/mol. The number of amides is 1. The SMILES string of the molecule is Cn1ncc(Cl)c1C(=O)Nc1cccc(CN2CCCC2)c1. The van der Waals surface area contributed by atoms with Gasteiger partial charge in [0.05, 0.1) is 11.2 Å². The van der Waals surface area contributed by atoms with Gasteiger partial charge in [0.2, 0.25) is 0 Å². The molecule has 3 rings (SSSR count). The standard InChI is InChI=1S/C16H19ClN4O/c1-20-15(14(17)10-18-20)16(22)19-13-6-4-5-12(9-13)11-21-7-2-3-8-21/h4-6,9-10H,2-3,7-8,11H2,1H3,(H,19,22). The highest BCUT2D eigenvalue weighted by atomic mass is 35.5. The molecule has 0 unspecified atom stereocenters. The minimum Gasteiger partial charge on any atom is -0.321 e. The summed E-state index contributed by atoms with van der Waals surface area (Å²) >= 11 is 6.00. The molecule has 1 aromatic carbocycles. The van der Waals surface area contributed by atoms with Crippen LogP contribution in [0.1, 0.15) is 28.9 Å². The molecule has 6 heteroatoms. The number of anilines is 1. The van der Waals surface area contributed by atoms with E-state index in [0.717, 1.165) is 25.3 Å². The Hall–Kier alpha value is -1.85. The van der Waals surface area contributed by atoms with E-state index in [-0.39, 0.29) is 5.91 Å². The summed E-state index contributed by atoms with van der Waals surface area (Å²) in [7, 11) is 1.70. The van der Waals surface area contributed by atoms with Gasteiger partial charge in [-0.25, -0.2) is 0 Å². The van der Waals surface area contributed by atoms with E-state index in [1.807, 2.05) is 18.2 Å². The second kappa shape index (κ2) is 6.50. The quantitative estimate of drug-likeness (QED) is 0.943. The zero-order valence-electron chi connectivity index (χ0n) is 12.6. The summed E-state index contributed by atoms with van der Waals surface area (Å²) in [5.41, 5.74) is 2.35. The third-order valence-corrected chi connectivity index (χ3v) is 4.18. The van der Waals surface area contributed by atoms with Gasteiger partial charge in [-0.2, -0.15) is 5.10 Å². The first-order chi connectivity index (χ1) is 10.6. The maximum absolute atomic E-state index is 12.3. The molecule has 2 aromatic rings. The van der Waals surface area contributed by atoms with Crippen LogP contribution in [0.4, 0.5) is 5.69 Å². The lowest BCUT2D eigenvalue weighted by atomic mass is 10.2. The molecule has 1 aliphatic heterocycles. The number of carbonyl (C=O) groups excluding carboxylic acids is 1. The van der Waals surface area contributed by atoms with Crippen molar-refractivity contribution in [3.05, 3.63) is 46.7 Å². The van der Waals surface area contributed by atoms with Crippen molar-refractivity contribution in [3.8, 4) is 0 Å². The van der Waals surface area contributed by atoms with Crippen LogP contribution in [0.3, 0.4) is 0 Å². The maximum atomic E-state index is 12.3. The molecule has 1 fully saturated rings. The zero-order valence-corrected chi connectivity index (χ0v) is 13.3. The molecule has 2 heterocycles. The lowest BCUT2D eigenvalue weighted by molar-refractivity contribution is 0.101. The van der Waals surface area contributed by atoms with Crippen LogP contribution in [0.2, 0.25) is 5.02 Å². The Balaban J connectivity index is 1.71. The molecule has 1 aromatic heterocycles. The number of carbonyl (C=O) groups is 1. The highest BCUT2D eigenvalue weighted by molar-refractivity contribution is 6.34. The molecule has 1 aliphatic rings. The number of nitrogens with one attached hydrogen (secondary N) is 1. The van der Waals surface area contributed by atoms with E-state index in [4.69, 9.17) is 11.6 Å². The second-order valence-electron chi connectivity index (χ2n) is 5.60. The van der Waals surface area contributed by atoms with Crippen LogP contribution in [-0.4, -0.2) is 33.7 Å². The number of rotatable bonds is 4. The van der Waals surface area contributed by atoms with Crippen LogP contribution < -0.4 is 5.32 Å². The number of aromatic nitrogens is 2. The van der Waals surface area contributed by atoms with Crippen molar-refractivity contribution in [1.82, 2.24) is 14.7 Å². The normalized spacial score (nSPS) is 15.2. The van der Waals surface area contributed by atoms with Crippen molar-refractivity contribution in [2.24, 2.45) is 7.05 Å². The third kappa shape index (κ3) is 3.31. The highest BCUT2D eigenvalue weighted by Crippen LogP contribution is 2.19. The molecule has 0 bridgehead atoms. The van der Waals surface area contributed by atoms with Crippen molar-refractivity contribution in [1.29, 1.82) is 0 Å². The molecule has 0 aliphatic carbocycles. The van der Waals surface area contributed by atoms with Crippen molar-refractivity contribution in [2.75, 3.05) is 18.4 Å². The molecule has 5 nitrogen and oxygen atoms in total. The number of halogens is 1. The Morgan fingerprint density at radius 1 is 1.36 bits per heavy atom. The first kappa shape index (κ1) is 15.1. The third-order valence-electron chi connectivity index (χ3n) is 3.90. The van der Waals surface area contributed by atoms with Crippen LogP contribution in [0, 0.1) is 0 Å². The van der Waals surface area contributed by atoms with E-state index in [1.54, 1.807) is 7.05 Å². The van der Waals surface area contributed by atoms with E-state index in [9.17, 15) is 4.79 Å². The molecular weight excluding hydrogens is 300 g/mol. The number of nitrogens with zero attached hydrogens (tertiary/aromatic N) is 3. The summed E-state index contributed by atoms with van der Waals surface area (Å²) in [5, 5.41) is 7.23. The van der Waals surface area contributed by atoms with E-state index >= 15 is 0 Å². The van der Waals surface area contributed by atoms with Gasteiger partial charge in [-0.05, 0) is 43.6 Å².